The van der Waals surface area contributed by atoms with E-state index in [1.807, 2.05) is 0 Å². The van der Waals surface area contributed by atoms with Crippen molar-refractivity contribution in [1.29, 1.82) is 0 Å². The van der Waals surface area contributed by atoms with E-state index in [4.69, 9.17) is 0 Å². The van der Waals surface area contributed by atoms with Gasteiger partial charge in [-0.15, -0.1) is 0 Å². The van der Waals surface area contributed by atoms with Crippen LogP contribution in [0, 0.1) is 0 Å². The lowest BCUT2D eigenvalue weighted by Crippen LogP contribution is -2.19. The van der Waals surface area contributed by atoms with Gasteiger partial charge in [-0.25, -0.2) is 0 Å². The van der Waals surface area contributed by atoms with Crippen LogP contribution in [-0.2, 0) is 4.79 Å². The summed E-state index contributed by atoms with van der Waals surface area (Å²) in [6.45, 7) is 0. The third kappa shape index (κ3) is 1.30. The molecule has 1 aliphatic carbocycles. The van der Waals surface area contributed by atoms with E-state index in [9.17, 15) is 30.0 Å². The van der Waals surface area contributed by atoms with Crippen LogP contribution in [-0.4, -0.2) is 39.1 Å². The van der Waals surface area contributed by atoms with Gasteiger partial charge in [-0.1, -0.05) is 0 Å². The first-order valence-corrected chi connectivity index (χ1v) is 4.74. The van der Waals surface area contributed by atoms with Gasteiger partial charge >= 0.3 is 0 Å². The molecule has 0 saturated carbocycles. The van der Waals surface area contributed by atoms with E-state index in [2.05, 4.69) is 4.74 Å². The standard InChI is InChI=1S/C11H8O7/c1-18-11-9(16)5-3(12)2-4(13)7(14)6(5)8(15)10(11)17/h2,12,15-17H,1H3. The Kier molecular flexibility index (Phi) is 2.39. The van der Waals surface area contributed by atoms with Crippen molar-refractivity contribution in [2.75, 3.05) is 7.11 Å². The van der Waals surface area contributed by atoms with Crippen molar-refractivity contribution in [1.82, 2.24) is 0 Å². The Hall–Kier alpha value is -2.70. The van der Waals surface area contributed by atoms with E-state index in [-0.39, 0.29) is 0 Å². The zero-order chi connectivity index (χ0) is 13.6. The summed E-state index contributed by atoms with van der Waals surface area (Å²) in [5.74, 6) is -5.97. The van der Waals surface area contributed by atoms with Gasteiger partial charge in [0.2, 0.25) is 23.1 Å². The van der Waals surface area contributed by atoms with Crippen molar-refractivity contribution in [3.05, 3.63) is 17.2 Å². The lowest BCUT2D eigenvalue weighted by Gasteiger charge is -2.18. The molecule has 0 amide bonds. The molecule has 7 heteroatoms. The average Bonchev–Trinajstić information content (AvgIpc) is 2.31. The summed E-state index contributed by atoms with van der Waals surface area (Å²) in [6.07, 6.45) is 0.611. The van der Waals surface area contributed by atoms with Gasteiger partial charge in [-0.05, 0) is 0 Å². The highest BCUT2D eigenvalue weighted by Crippen LogP contribution is 2.50. The molecule has 0 radical (unpaired) electrons. The Balaban J connectivity index is 2.94. The third-order valence-corrected chi connectivity index (χ3v) is 2.56. The maximum absolute atomic E-state index is 11.6. The minimum absolute atomic E-state index is 0.452. The number of Topliss-reactive ketones (excluding diaryl/α,β-unsaturated/α-hetero) is 1. The number of ketones is 2. The molecule has 0 saturated heterocycles. The number of aliphatic hydroxyl groups is 1. The lowest BCUT2D eigenvalue weighted by atomic mass is 9.91. The minimum Gasteiger partial charge on any atom is -0.507 e. The maximum Gasteiger partial charge on any atom is 0.237 e. The molecule has 0 spiro atoms. The van der Waals surface area contributed by atoms with Crippen LogP contribution in [0.15, 0.2) is 6.08 Å². The predicted molar refractivity (Wildman–Crippen MR) is 57.9 cm³/mol. The van der Waals surface area contributed by atoms with E-state index in [1.54, 1.807) is 0 Å². The topological polar surface area (TPSA) is 124 Å². The lowest BCUT2D eigenvalue weighted by molar-refractivity contribution is -0.111. The molecular weight excluding hydrogens is 244 g/mol. The fraction of sp³-hybridized carbons (Fsp3) is 0.0909. The fourth-order valence-electron chi connectivity index (χ4n) is 1.74. The second kappa shape index (κ2) is 3.66. The van der Waals surface area contributed by atoms with Gasteiger partial charge < -0.3 is 25.2 Å². The molecule has 1 aromatic rings. The number of allylic oxidation sites excluding steroid dienone is 1. The monoisotopic (exact) mass is 252 g/mol. The molecule has 7 nitrogen and oxygen atoms in total. The zero-order valence-electron chi connectivity index (χ0n) is 9.09. The maximum atomic E-state index is 11.6. The van der Waals surface area contributed by atoms with Gasteiger partial charge in [-0.2, -0.15) is 0 Å². The van der Waals surface area contributed by atoms with Crippen molar-refractivity contribution >= 4 is 17.3 Å². The molecule has 2 rings (SSSR count). The molecule has 0 aromatic heterocycles. The molecule has 0 heterocycles. The van der Waals surface area contributed by atoms with E-state index in [0.717, 1.165) is 7.11 Å². The average molecular weight is 252 g/mol. The molecule has 0 unspecified atom stereocenters. The van der Waals surface area contributed by atoms with E-state index >= 15 is 0 Å². The zero-order valence-corrected chi connectivity index (χ0v) is 9.09. The highest BCUT2D eigenvalue weighted by molar-refractivity contribution is 6.51. The number of aliphatic hydroxyl groups excluding tert-OH is 1. The number of hydrogen-bond acceptors (Lipinski definition) is 7. The number of phenols is 3. The van der Waals surface area contributed by atoms with Gasteiger partial charge in [0.05, 0.1) is 18.2 Å². The van der Waals surface area contributed by atoms with Crippen molar-refractivity contribution in [3.63, 3.8) is 0 Å². The van der Waals surface area contributed by atoms with Crippen LogP contribution in [0.3, 0.4) is 0 Å². The van der Waals surface area contributed by atoms with Crippen LogP contribution in [0.4, 0.5) is 0 Å². The van der Waals surface area contributed by atoms with Crippen LogP contribution < -0.4 is 4.74 Å². The Bertz CT molecular complexity index is 613. The Morgan fingerprint density at radius 3 is 2.11 bits per heavy atom. The number of phenolic OH excluding ortho intramolecular Hbond substituents is 3. The first-order chi connectivity index (χ1) is 8.40. The Morgan fingerprint density at radius 1 is 0.944 bits per heavy atom. The van der Waals surface area contributed by atoms with Gasteiger partial charge in [0, 0.05) is 6.08 Å². The predicted octanol–water partition coefficient (Wildman–Crippen LogP) is 0.476. The number of benzene rings is 1. The summed E-state index contributed by atoms with van der Waals surface area (Å²) < 4.78 is 4.64. The summed E-state index contributed by atoms with van der Waals surface area (Å²) >= 11 is 0. The molecule has 0 aliphatic heterocycles. The molecule has 0 bridgehead atoms. The Labute approximate surface area is 100 Å². The molecule has 0 atom stereocenters. The van der Waals surface area contributed by atoms with Crippen molar-refractivity contribution < 1.29 is 34.8 Å². The molecule has 1 aromatic carbocycles. The highest BCUT2D eigenvalue weighted by atomic mass is 16.5. The van der Waals surface area contributed by atoms with Crippen LogP contribution in [0.2, 0.25) is 0 Å². The number of aromatic hydroxyl groups is 3. The first kappa shape index (κ1) is 11.8. The fourth-order valence-corrected chi connectivity index (χ4v) is 1.74. The number of carbonyl (C=O) groups excluding carboxylic acids is 2. The molecule has 94 valence electrons. The first-order valence-electron chi connectivity index (χ1n) is 4.74. The summed E-state index contributed by atoms with van der Waals surface area (Å²) in [6, 6.07) is 0. The largest absolute Gasteiger partial charge is 0.507 e. The molecular formula is C11H8O7. The quantitative estimate of drug-likeness (QED) is 0.325. The summed E-state index contributed by atoms with van der Waals surface area (Å²) in [5.41, 5.74) is -1.11. The number of carbonyl (C=O) groups is 2. The number of hydrogen-bond donors (Lipinski definition) is 4. The smallest absolute Gasteiger partial charge is 0.237 e. The van der Waals surface area contributed by atoms with Gasteiger partial charge in [0.15, 0.2) is 11.5 Å². The van der Waals surface area contributed by atoms with Crippen molar-refractivity contribution in [3.8, 4) is 23.0 Å². The summed E-state index contributed by atoms with van der Waals surface area (Å²) in [7, 11) is 1.11. The third-order valence-electron chi connectivity index (χ3n) is 2.56. The number of fused-ring (bicyclic) bond motifs is 1. The van der Waals surface area contributed by atoms with Crippen LogP contribution in [0.25, 0.3) is 5.76 Å². The van der Waals surface area contributed by atoms with Gasteiger partial charge in [-0.3, -0.25) is 9.59 Å². The second-order valence-corrected chi connectivity index (χ2v) is 3.55. The van der Waals surface area contributed by atoms with Gasteiger partial charge in [0.1, 0.15) is 5.76 Å². The normalized spacial score (nSPS) is 14.2. The van der Waals surface area contributed by atoms with Crippen molar-refractivity contribution in [2.24, 2.45) is 0 Å². The van der Waals surface area contributed by atoms with Crippen LogP contribution >= 0.6 is 0 Å². The minimum atomic E-state index is -1.14. The Morgan fingerprint density at radius 2 is 1.56 bits per heavy atom. The van der Waals surface area contributed by atoms with Crippen molar-refractivity contribution in [2.45, 2.75) is 0 Å². The number of rotatable bonds is 1. The van der Waals surface area contributed by atoms with Crippen LogP contribution in [0.5, 0.6) is 23.0 Å². The van der Waals surface area contributed by atoms with E-state index in [1.165, 1.54) is 0 Å². The van der Waals surface area contributed by atoms with Crippen LogP contribution in [0.1, 0.15) is 15.9 Å². The number of methoxy groups -OCH3 is 1. The molecule has 18 heavy (non-hydrogen) atoms. The van der Waals surface area contributed by atoms with E-state index < -0.39 is 51.5 Å². The second-order valence-electron chi connectivity index (χ2n) is 3.55. The van der Waals surface area contributed by atoms with E-state index in [0.29, 0.717) is 6.08 Å². The summed E-state index contributed by atoms with van der Waals surface area (Å²) in [5, 5.41) is 38.5. The molecule has 0 fully saturated rings. The summed E-state index contributed by atoms with van der Waals surface area (Å²) in [4.78, 5) is 22.8. The number of ether oxygens (including phenoxy) is 1. The highest BCUT2D eigenvalue weighted by Gasteiger charge is 2.35. The SMILES string of the molecule is COc1c(O)c(O)c2c(c1O)C(O)=CC(=O)C2=O. The van der Waals surface area contributed by atoms with Gasteiger partial charge in [0.25, 0.3) is 0 Å². The molecule has 4 N–H and O–H groups in total. The molecule has 1 aliphatic rings.